The van der Waals surface area contributed by atoms with Crippen molar-refractivity contribution in [1.82, 2.24) is 5.32 Å². The van der Waals surface area contributed by atoms with Gasteiger partial charge in [0.2, 0.25) is 5.91 Å². The normalized spacial score (nSPS) is 14.2. The van der Waals surface area contributed by atoms with Crippen LogP contribution in [0.25, 0.3) is 0 Å². The number of aldehydes is 1. The molecule has 174 valence electrons. The lowest BCUT2D eigenvalue weighted by atomic mass is 9.86. The van der Waals surface area contributed by atoms with Gasteiger partial charge in [-0.1, -0.05) is 50.5 Å². The SMILES string of the molecule is CCSc1ccc(CC(=O)Nc2ccc(C(C)(C)C=O)cc2)cc1.CNC1CCCCC1. The minimum absolute atomic E-state index is 0.0479. The van der Waals surface area contributed by atoms with Crippen LogP contribution in [0.3, 0.4) is 0 Å². The maximum atomic E-state index is 12.2. The fourth-order valence-corrected chi connectivity index (χ4v) is 4.37. The molecule has 0 aliphatic heterocycles. The lowest BCUT2D eigenvalue weighted by molar-refractivity contribution is -0.115. The van der Waals surface area contributed by atoms with Gasteiger partial charge in [0.05, 0.1) is 6.42 Å². The van der Waals surface area contributed by atoms with Gasteiger partial charge in [0.25, 0.3) is 0 Å². The van der Waals surface area contributed by atoms with Crippen molar-refractivity contribution in [2.75, 3.05) is 18.1 Å². The zero-order valence-corrected chi connectivity index (χ0v) is 20.8. The predicted octanol–water partition coefficient (Wildman–Crippen LogP) is 5.99. The van der Waals surface area contributed by atoms with Crippen molar-refractivity contribution in [2.45, 2.75) is 75.6 Å². The highest BCUT2D eigenvalue weighted by atomic mass is 32.2. The Morgan fingerprint density at radius 3 is 2.16 bits per heavy atom. The smallest absolute Gasteiger partial charge is 0.228 e. The molecule has 5 heteroatoms. The first-order valence-electron chi connectivity index (χ1n) is 11.6. The molecule has 0 heterocycles. The number of hydrogen-bond acceptors (Lipinski definition) is 4. The van der Waals surface area contributed by atoms with E-state index in [9.17, 15) is 9.59 Å². The Balaban J connectivity index is 0.000000380. The van der Waals surface area contributed by atoms with Crippen LogP contribution in [0.5, 0.6) is 0 Å². The molecule has 2 N–H and O–H groups in total. The van der Waals surface area contributed by atoms with Crippen molar-refractivity contribution < 1.29 is 9.59 Å². The summed E-state index contributed by atoms with van der Waals surface area (Å²) >= 11 is 1.79. The molecule has 0 saturated heterocycles. The highest BCUT2D eigenvalue weighted by molar-refractivity contribution is 7.99. The van der Waals surface area contributed by atoms with Crippen LogP contribution in [0.4, 0.5) is 5.69 Å². The largest absolute Gasteiger partial charge is 0.326 e. The molecule has 3 rings (SSSR count). The van der Waals surface area contributed by atoms with Gasteiger partial charge >= 0.3 is 0 Å². The fourth-order valence-electron chi connectivity index (χ4n) is 3.70. The van der Waals surface area contributed by atoms with Crippen molar-refractivity contribution in [3.63, 3.8) is 0 Å². The lowest BCUT2D eigenvalue weighted by Gasteiger charge is -2.20. The van der Waals surface area contributed by atoms with Crippen LogP contribution in [-0.4, -0.2) is 31.0 Å². The highest BCUT2D eigenvalue weighted by Crippen LogP contribution is 2.23. The molecule has 1 fully saturated rings. The minimum Gasteiger partial charge on any atom is -0.326 e. The van der Waals surface area contributed by atoms with Crippen molar-refractivity contribution >= 4 is 29.6 Å². The second kappa shape index (κ2) is 13.4. The molecule has 1 aliphatic carbocycles. The van der Waals surface area contributed by atoms with Crippen LogP contribution in [0.15, 0.2) is 53.4 Å². The Morgan fingerprint density at radius 2 is 1.66 bits per heavy atom. The van der Waals surface area contributed by atoms with E-state index >= 15 is 0 Å². The summed E-state index contributed by atoms with van der Waals surface area (Å²) in [5.41, 5.74) is 2.15. The van der Waals surface area contributed by atoms with E-state index in [4.69, 9.17) is 0 Å². The molecule has 0 aromatic heterocycles. The summed E-state index contributed by atoms with van der Waals surface area (Å²) in [7, 11) is 2.07. The van der Waals surface area contributed by atoms with Gasteiger partial charge in [-0.3, -0.25) is 4.79 Å². The number of hydrogen-bond donors (Lipinski definition) is 2. The molecule has 1 amide bonds. The monoisotopic (exact) mass is 454 g/mol. The Hall–Kier alpha value is -2.11. The summed E-state index contributed by atoms with van der Waals surface area (Å²) in [4.78, 5) is 24.5. The first-order valence-corrected chi connectivity index (χ1v) is 12.6. The number of rotatable bonds is 8. The fraction of sp³-hybridized carbons (Fsp3) is 0.481. The third-order valence-corrected chi connectivity index (χ3v) is 6.71. The molecule has 1 aliphatic rings. The molecular formula is C27H38N2O2S. The van der Waals surface area contributed by atoms with Gasteiger partial charge in [-0.2, -0.15) is 0 Å². The van der Waals surface area contributed by atoms with Crippen molar-refractivity contribution in [2.24, 2.45) is 0 Å². The lowest BCUT2D eigenvalue weighted by Crippen LogP contribution is -2.26. The van der Waals surface area contributed by atoms with Gasteiger partial charge in [0, 0.05) is 22.0 Å². The van der Waals surface area contributed by atoms with Crippen LogP contribution in [0.1, 0.15) is 64.0 Å². The highest BCUT2D eigenvalue weighted by Gasteiger charge is 2.19. The summed E-state index contributed by atoms with van der Waals surface area (Å²) in [6, 6.07) is 16.3. The Bertz CT molecular complexity index is 826. The van der Waals surface area contributed by atoms with E-state index in [1.54, 1.807) is 11.8 Å². The number of benzene rings is 2. The molecule has 4 nitrogen and oxygen atoms in total. The molecule has 0 unspecified atom stereocenters. The van der Waals surface area contributed by atoms with Gasteiger partial charge in [-0.15, -0.1) is 11.8 Å². The number of thioether (sulfide) groups is 1. The molecule has 0 spiro atoms. The second-order valence-electron chi connectivity index (χ2n) is 8.84. The summed E-state index contributed by atoms with van der Waals surface area (Å²) in [6.07, 6.45) is 8.40. The molecule has 0 radical (unpaired) electrons. The maximum Gasteiger partial charge on any atom is 0.228 e. The van der Waals surface area contributed by atoms with Crippen molar-refractivity contribution in [1.29, 1.82) is 0 Å². The Morgan fingerprint density at radius 1 is 1.03 bits per heavy atom. The number of carbonyl (C=O) groups excluding carboxylic acids is 2. The molecule has 32 heavy (non-hydrogen) atoms. The Kier molecular flexibility index (Phi) is 11.0. The van der Waals surface area contributed by atoms with Crippen molar-refractivity contribution in [3.05, 3.63) is 59.7 Å². The van der Waals surface area contributed by atoms with Gasteiger partial charge < -0.3 is 15.4 Å². The molecule has 2 aromatic carbocycles. The summed E-state index contributed by atoms with van der Waals surface area (Å²) < 4.78 is 0. The molecule has 0 bridgehead atoms. The summed E-state index contributed by atoms with van der Waals surface area (Å²) in [6.45, 7) is 5.86. The third-order valence-electron chi connectivity index (χ3n) is 5.82. The molecule has 2 aromatic rings. The van der Waals surface area contributed by atoms with E-state index in [0.717, 1.165) is 34.9 Å². The van der Waals surface area contributed by atoms with E-state index in [1.807, 2.05) is 62.4 Å². The van der Waals surface area contributed by atoms with Gasteiger partial charge in [-0.25, -0.2) is 0 Å². The standard InChI is InChI=1S/C20H23NO2S.C7H15N/c1-4-24-18-11-5-15(6-12-18)13-19(23)21-17-9-7-16(8-10-17)20(2,3)14-22;1-8-7-5-3-2-4-6-7/h5-12,14H,4,13H2,1-3H3,(H,21,23);7-8H,2-6H2,1H3. The van der Waals surface area contributed by atoms with Crippen LogP contribution in [-0.2, 0) is 21.4 Å². The predicted molar refractivity (Wildman–Crippen MR) is 137 cm³/mol. The average Bonchev–Trinajstić information content (AvgIpc) is 2.82. The number of anilines is 1. The maximum absolute atomic E-state index is 12.2. The number of nitrogens with one attached hydrogen (secondary N) is 2. The van der Waals surface area contributed by atoms with Gasteiger partial charge in [-0.05, 0) is 74.9 Å². The van der Waals surface area contributed by atoms with E-state index in [0.29, 0.717) is 6.42 Å². The summed E-state index contributed by atoms with van der Waals surface area (Å²) in [5.74, 6) is 0.991. The molecule has 1 saturated carbocycles. The average molecular weight is 455 g/mol. The first-order chi connectivity index (χ1) is 15.4. The minimum atomic E-state index is -0.513. The summed E-state index contributed by atoms with van der Waals surface area (Å²) in [5, 5.41) is 6.20. The van der Waals surface area contributed by atoms with Crippen LogP contribution in [0, 0.1) is 0 Å². The van der Waals surface area contributed by atoms with Gasteiger partial charge in [0.1, 0.15) is 6.29 Å². The van der Waals surface area contributed by atoms with Gasteiger partial charge in [0.15, 0.2) is 0 Å². The van der Waals surface area contributed by atoms with Crippen molar-refractivity contribution in [3.8, 4) is 0 Å². The van der Waals surface area contributed by atoms with Crippen LogP contribution in [0.2, 0.25) is 0 Å². The zero-order chi connectivity index (χ0) is 23.4. The van der Waals surface area contributed by atoms with Crippen LogP contribution < -0.4 is 10.6 Å². The topological polar surface area (TPSA) is 58.2 Å². The number of carbonyl (C=O) groups is 2. The third kappa shape index (κ3) is 8.79. The second-order valence-corrected chi connectivity index (χ2v) is 10.2. The quantitative estimate of drug-likeness (QED) is 0.380. The zero-order valence-electron chi connectivity index (χ0n) is 19.9. The molecular weight excluding hydrogens is 416 g/mol. The Labute approximate surface area is 198 Å². The van der Waals surface area contributed by atoms with E-state index in [1.165, 1.54) is 37.0 Å². The number of amides is 1. The van der Waals surface area contributed by atoms with E-state index in [-0.39, 0.29) is 5.91 Å². The first kappa shape index (κ1) is 26.1. The van der Waals surface area contributed by atoms with E-state index < -0.39 is 5.41 Å². The molecule has 0 atom stereocenters. The van der Waals surface area contributed by atoms with E-state index in [2.05, 4.69) is 24.6 Å². The van der Waals surface area contributed by atoms with Crippen LogP contribution >= 0.6 is 11.8 Å².